The van der Waals surface area contributed by atoms with Gasteiger partial charge in [-0.05, 0) is 49.7 Å². The van der Waals surface area contributed by atoms with Gasteiger partial charge in [0.15, 0.2) is 5.82 Å². The molecule has 0 radical (unpaired) electrons. The Kier molecular flexibility index (Phi) is 6.80. The van der Waals surface area contributed by atoms with E-state index in [1.54, 1.807) is 30.3 Å². The van der Waals surface area contributed by atoms with Crippen molar-refractivity contribution < 1.29 is 8.78 Å². The van der Waals surface area contributed by atoms with Gasteiger partial charge in [0.1, 0.15) is 11.6 Å². The summed E-state index contributed by atoms with van der Waals surface area (Å²) in [5, 5.41) is 6.08. The molecule has 0 spiro atoms. The molecule has 3 aromatic rings. The zero-order chi connectivity index (χ0) is 19.8. The standard InChI is InChI=1S/C20H22F2N6/c21-14-7-6-8-15(13-14)25-20-27-18(16-9-2-3-10-17(16)22)26-19(28-20)24-12-5-1-4-11-23/h2-3,6-10,13H,1,4-5,11-12,23H2,(H2,24,25,26,27,28). The number of hydrogen-bond donors (Lipinski definition) is 3. The van der Waals surface area contributed by atoms with Gasteiger partial charge in [0.05, 0.1) is 5.56 Å². The van der Waals surface area contributed by atoms with Crippen molar-refractivity contribution in [3.05, 3.63) is 60.2 Å². The second-order valence-corrected chi connectivity index (χ2v) is 6.20. The summed E-state index contributed by atoms with van der Waals surface area (Å²) in [7, 11) is 0. The van der Waals surface area contributed by atoms with Gasteiger partial charge in [-0.1, -0.05) is 24.6 Å². The Hall–Kier alpha value is -3.13. The normalized spacial score (nSPS) is 10.7. The summed E-state index contributed by atoms with van der Waals surface area (Å²) < 4.78 is 27.7. The van der Waals surface area contributed by atoms with Crippen molar-refractivity contribution in [1.29, 1.82) is 0 Å². The summed E-state index contributed by atoms with van der Waals surface area (Å²) in [5.41, 5.74) is 6.25. The fourth-order valence-corrected chi connectivity index (χ4v) is 2.62. The van der Waals surface area contributed by atoms with Gasteiger partial charge < -0.3 is 16.4 Å². The van der Waals surface area contributed by atoms with E-state index in [0.717, 1.165) is 19.3 Å². The van der Waals surface area contributed by atoms with Crippen molar-refractivity contribution in [3.8, 4) is 11.4 Å². The van der Waals surface area contributed by atoms with E-state index in [-0.39, 0.29) is 23.2 Å². The van der Waals surface area contributed by atoms with Crippen LogP contribution in [0.2, 0.25) is 0 Å². The minimum Gasteiger partial charge on any atom is -0.354 e. The van der Waals surface area contributed by atoms with E-state index in [1.807, 2.05) is 0 Å². The lowest BCUT2D eigenvalue weighted by atomic mass is 10.2. The van der Waals surface area contributed by atoms with Gasteiger partial charge in [-0.25, -0.2) is 8.78 Å². The van der Waals surface area contributed by atoms with Gasteiger partial charge in [0.2, 0.25) is 11.9 Å². The van der Waals surface area contributed by atoms with E-state index in [9.17, 15) is 8.78 Å². The number of nitrogens with zero attached hydrogens (tertiary/aromatic N) is 3. The lowest BCUT2D eigenvalue weighted by Gasteiger charge is -2.11. The van der Waals surface area contributed by atoms with Crippen LogP contribution in [-0.2, 0) is 0 Å². The van der Waals surface area contributed by atoms with E-state index in [2.05, 4.69) is 25.6 Å². The molecule has 2 aromatic carbocycles. The van der Waals surface area contributed by atoms with Crippen molar-refractivity contribution >= 4 is 17.6 Å². The number of anilines is 3. The molecule has 0 aliphatic carbocycles. The minimum absolute atomic E-state index is 0.191. The molecule has 3 rings (SSSR count). The Morgan fingerprint density at radius 2 is 1.68 bits per heavy atom. The van der Waals surface area contributed by atoms with Crippen molar-refractivity contribution in [2.45, 2.75) is 19.3 Å². The van der Waals surface area contributed by atoms with Crippen molar-refractivity contribution in [2.24, 2.45) is 5.73 Å². The highest BCUT2D eigenvalue weighted by molar-refractivity contribution is 5.61. The van der Waals surface area contributed by atoms with E-state index in [1.165, 1.54) is 18.2 Å². The molecule has 0 bridgehead atoms. The molecular formula is C20H22F2N6. The van der Waals surface area contributed by atoms with E-state index >= 15 is 0 Å². The van der Waals surface area contributed by atoms with Crippen LogP contribution in [0.25, 0.3) is 11.4 Å². The van der Waals surface area contributed by atoms with Gasteiger partial charge in [-0.3, -0.25) is 0 Å². The number of aromatic nitrogens is 3. The summed E-state index contributed by atoms with van der Waals surface area (Å²) in [6, 6.07) is 12.2. The molecule has 0 aliphatic heterocycles. The molecule has 4 N–H and O–H groups in total. The summed E-state index contributed by atoms with van der Waals surface area (Å²) in [6.07, 6.45) is 2.85. The van der Waals surface area contributed by atoms with Gasteiger partial charge >= 0.3 is 0 Å². The number of nitrogens with two attached hydrogens (primary N) is 1. The first kappa shape index (κ1) is 19.6. The third-order valence-corrected chi connectivity index (χ3v) is 3.99. The van der Waals surface area contributed by atoms with E-state index in [4.69, 9.17) is 5.73 Å². The molecule has 28 heavy (non-hydrogen) atoms. The highest BCUT2D eigenvalue weighted by Gasteiger charge is 2.12. The van der Waals surface area contributed by atoms with Crippen LogP contribution < -0.4 is 16.4 Å². The highest BCUT2D eigenvalue weighted by Crippen LogP contribution is 2.22. The predicted molar refractivity (Wildman–Crippen MR) is 106 cm³/mol. The molecule has 0 saturated heterocycles. The second kappa shape index (κ2) is 9.70. The fourth-order valence-electron chi connectivity index (χ4n) is 2.62. The molecule has 0 aliphatic rings. The molecule has 0 amide bonds. The van der Waals surface area contributed by atoms with Crippen molar-refractivity contribution in [3.63, 3.8) is 0 Å². The molecule has 6 nitrogen and oxygen atoms in total. The summed E-state index contributed by atoms with van der Waals surface area (Å²) in [5.74, 6) is -0.106. The molecule has 1 heterocycles. The van der Waals surface area contributed by atoms with Crippen LogP contribution in [0.4, 0.5) is 26.4 Å². The number of hydrogen-bond acceptors (Lipinski definition) is 6. The largest absolute Gasteiger partial charge is 0.354 e. The van der Waals surface area contributed by atoms with Crippen LogP contribution in [0.3, 0.4) is 0 Å². The zero-order valence-electron chi connectivity index (χ0n) is 15.3. The molecule has 8 heteroatoms. The number of unbranched alkanes of at least 4 members (excludes halogenated alkanes) is 2. The summed E-state index contributed by atoms with van der Waals surface area (Å²) >= 11 is 0. The van der Waals surface area contributed by atoms with Gasteiger partial charge in [0.25, 0.3) is 0 Å². The zero-order valence-corrected chi connectivity index (χ0v) is 15.3. The minimum atomic E-state index is -0.431. The Balaban J connectivity index is 1.86. The maximum Gasteiger partial charge on any atom is 0.232 e. The molecule has 0 saturated carbocycles. The van der Waals surface area contributed by atoms with Crippen LogP contribution in [0.5, 0.6) is 0 Å². The van der Waals surface area contributed by atoms with E-state index < -0.39 is 5.82 Å². The first-order chi connectivity index (χ1) is 13.7. The molecule has 146 valence electrons. The number of rotatable bonds is 9. The van der Waals surface area contributed by atoms with Crippen LogP contribution in [0.15, 0.2) is 48.5 Å². The van der Waals surface area contributed by atoms with Crippen molar-refractivity contribution in [1.82, 2.24) is 15.0 Å². The second-order valence-electron chi connectivity index (χ2n) is 6.20. The molecular weight excluding hydrogens is 362 g/mol. The molecule has 0 unspecified atom stereocenters. The Morgan fingerprint density at radius 1 is 0.857 bits per heavy atom. The predicted octanol–water partition coefficient (Wildman–Crippen LogP) is 4.10. The smallest absolute Gasteiger partial charge is 0.232 e. The fraction of sp³-hybridized carbons (Fsp3) is 0.250. The third-order valence-electron chi connectivity index (χ3n) is 3.99. The maximum absolute atomic E-state index is 14.2. The Labute approximate surface area is 162 Å². The number of benzene rings is 2. The lowest BCUT2D eigenvalue weighted by Crippen LogP contribution is -2.10. The van der Waals surface area contributed by atoms with Crippen LogP contribution >= 0.6 is 0 Å². The lowest BCUT2D eigenvalue weighted by molar-refractivity contribution is 0.628. The van der Waals surface area contributed by atoms with Gasteiger partial charge in [-0.15, -0.1) is 0 Å². The Morgan fingerprint density at radius 3 is 2.46 bits per heavy atom. The van der Waals surface area contributed by atoms with Crippen LogP contribution in [-0.4, -0.2) is 28.0 Å². The number of halogens is 2. The van der Waals surface area contributed by atoms with Gasteiger partial charge in [-0.2, -0.15) is 15.0 Å². The molecule has 0 fully saturated rings. The first-order valence-corrected chi connectivity index (χ1v) is 9.13. The van der Waals surface area contributed by atoms with Crippen LogP contribution in [0, 0.1) is 11.6 Å². The molecule has 1 aromatic heterocycles. The summed E-state index contributed by atoms with van der Waals surface area (Å²) in [6.45, 7) is 1.31. The number of nitrogens with one attached hydrogen (secondary N) is 2. The average Bonchev–Trinajstić information content (AvgIpc) is 2.68. The van der Waals surface area contributed by atoms with Crippen molar-refractivity contribution in [2.75, 3.05) is 23.7 Å². The average molecular weight is 384 g/mol. The van der Waals surface area contributed by atoms with Crippen LogP contribution in [0.1, 0.15) is 19.3 Å². The highest BCUT2D eigenvalue weighted by atomic mass is 19.1. The van der Waals surface area contributed by atoms with Gasteiger partial charge in [0, 0.05) is 12.2 Å². The SMILES string of the molecule is NCCCCCNc1nc(Nc2cccc(F)c2)nc(-c2ccccc2F)n1. The van der Waals surface area contributed by atoms with E-state index in [0.29, 0.717) is 24.7 Å². The monoisotopic (exact) mass is 384 g/mol. The quantitative estimate of drug-likeness (QED) is 0.481. The molecule has 0 atom stereocenters. The first-order valence-electron chi connectivity index (χ1n) is 9.13. The topological polar surface area (TPSA) is 88.8 Å². The third kappa shape index (κ3) is 5.43. The summed E-state index contributed by atoms with van der Waals surface area (Å²) in [4.78, 5) is 12.9. The maximum atomic E-state index is 14.2. The Bertz CT molecular complexity index is 919.